The van der Waals surface area contributed by atoms with Gasteiger partial charge in [0.15, 0.2) is 30.9 Å². The van der Waals surface area contributed by atoms with Gasteiger partial charge in [0.1, 0.15) is 91.6 Å². The van der Waals surface area contributed by atoms with Crippen LogP contribution in [0.1, 0.15) is 91.9 Å². The first-order valence-corrected chi connectivity index (χ1v) is 26.7. The van der Waals surface area contributed by atoms with Crippen LogP contribution in [0.5, 0.6) is 0 Å². The molecule has 9 unspecified atom stereocenters. The molecule has 4 aliphatic carbocycles. The first kappa shape index (κ1) is 54.5. The van der Waals surface area contributed by atoms with Crippen molar-refractivity contribution in [3.8, 4) is 0 Å². The molecule has 1 spiro atoms. The van der Waals surface area contributed by atoms with Gasteiger partial charge in [-0.15, -0.1) is 0 Å². The zero-order valence-corrected chi connectivity index (χ0v) is 41.7. The molecule has 0 aromatic rings. The number of rotatable bonds is 11. The Kier molecular flexibility index (Phi) is 15.9. The van der Waals surface area contributed by atoms with Crippen LogP contribution in [0.15, 0.2) is 0 Å². The third-order valence-corrected chi connectivity index (χ3v) is 20.0. The summed E-state index contributed by atoms with van der Waals surface area (Å²) in [6.45, 7) is 7.42. The summed E-state index contributed by atoms with van der Waals surface area (Å²) in [6.07, 6.45) is -22.9. The molecule has 0 aromatic heterocycles. The molecule has 22 heteroatoms. The van der Waals surface area contributed by atoms with Crippen molar-refractivity contribution in [1.82, 2.24) is 0 Å². The van der Waals surface area contributed by atoms with Crippen molar-refractivity contribution in [2.75, 3.05) is 33.0 Å². The standard InChI is InChI=1S/C50H82O22/c1-20-7-12-50(64-18-20)21(2)32-28(72-50)14-26-24-6-5-22-13-23(8-10-48(22,3)25(24)9-11-49(26,32)4)65-45-40(62)37(59)41(31(17-53)68-45)69-47-43(71-46-39(61)36(58)34(56)29(15-51)66-46)42(35(57)30(16-52)67-47)70-44-38(60)33(55)27(54)19-63-44/h20-47,51-62H,5-19H2,1-4H3/t20?,21?,22?,23-,24?,25?,26?,27+,28?,29+,30+,31+,32?,33+,34-,35+,36+,37-,38+,39+,40+,41-,42+,43+,44-,45+,46-,47-,48-,49-,50?/m0/s1. The van der Waals surface area contributed by atoms with Crippen LogP contribution < -0.4 is 0 Å². The fourth-order valence-electron chi connectivity index (χ4n) is 15.9. The van der Waals surface area contributed by atoms with Gasteiger partial charge in [0.2, 0.25) is 0 Å². The molecule has 0 radical (unpaired) electrons. The van der Waals surface area contributed by atoms with E-state index in [1.54, 1.807) is 0 Å². The minimum absolute atomic E-state index is 0.0916. The van der Waals surface area contributed by atoms with Crippen LogP contribution in [0, 0.1) is 52.3 Å². The van der Waals surface area contributed by atoms with E-state index in [0.29, 0.717) is 47.8 Å². The van der Waals surface area contributed by atoms with Gasteiger partial charge in [0, 0.05) is 12.3 Å². The highest BCUT2D eigenvalue weighted by Gasteiger charge is 2.69. The van der Waals surface area contributed by atoms with E-state index < -0.39 is 149 Å². The van der Waals surface area contributed by atoms with Crippen LogP contribution in [0.25, 0.3) is 0 Å². The Morgan fingerprint density at radius 1 is 0.514 bits per heavy atom. The maximum absolute atomic E-state index is 11.8. The number of aliphatic hydroxyl groups excluding tert-OH is 12. The normalized spacial score (nSPS) is 57.8. The molecule has 22 nitrogen and oxygen atoms in total. The summed E-state index contributed by atoms with van der Waals surface area (Å²) in [5, 5.41) is 129. The largest absolute Gasteiger partial charge is 0.394 e. The van der Waals surface area contributed by atoms with Crippen LogP contribution >= 0.6 is 0 Å². The van der Waals surface area contributed by atoms with E-state index in [-0.39, 0.29) is 23.0 Å². The summed E-state index contributed by atoms with van der Waals surface area (Å²) < 4.78 is 61.4. The molecular formula is C50H82O22. The predicted octanol–water partition coefficient (Wildman–Crippen LogP) is -2.27. The second-order valence-electron chi connectivity index (χ2n) is 23.9. The summed E-state index contributed by atoms with van der Waals surface area (Å²) in [5.41, 5.74) is 0.293. The Hall–Kier alpha value is -0.880. The molecule has 6 aliphatic heterocycles. The Morgan fingerprint density at radius 3 is 1.85 bits per heavy atom. The maximum atomic E-state index is 11.8. The van der Waals surface area contributed by atoms with Gasteiger partial charge in [0.05, 0.1) is 45.2 Å². The van der Waals surface area contributed by atoms with Crippen molar-refractivity contribution < 1.29 is 109 Å². The van der Waals surface area contributed by atoms with Crippen LogP contribution in [-0.4, -0.2) is 229 Å². The third-order valence-electron chi connectivity index (χ3n) is 20.0. The molecule has 0 bridgehead atoms. The van der Waals surface area contributed by atoms with Crippen LogP contribution in [0.4, 0.5) is 0 Å². The summed E-state index contributed by atoms with van der Waals surface area (Å²) in [5.74, 6) is 3.06. The zero-order valence-electron chi connectivity index (χ0n) is 41.7. The first-order chi connectivity index (χ1) is 34.3. The molecule has 10 fully saturated rings. The first-order valence-electron chi connectivity index (χ1n) is 26.7. The fraction of sp³-hybridized carbons (Fsp3) is 1.00. The maximum Gasteiger partial charge on any atom is 0.187 e. The molecule has 4 saturated carbocycles. The van der Waals surface area contributed by atoms with E-state index in [2.05, 4.69) is 27.7 Å². The lowest BCUT2D eigenvalue weighted by Gasteiger charge is -2.61. The molecule has 414 valence electrons. The molecule has 10 aliphatic rings. The number of fused-ring (bicyclic) bond motifs is 7. The molecule has 10 rings (SSSR count). The zero-order chi connectivity index (χ0) is 51.3. The van der Waals surface area contributed by atoms with E-state index >= 15 is 0 Å². The smallest absolute Gasteiger partial charge is 0.187 e. The molecular weight excluding hydrogens is 953 g/mol. The van der Waals surface area contributed by atoms with Crippen LogP contribution in [-0.2, 0) is 47.4 Å². The molecule has 6 heterocycles. The minimum atomic E-state index is -2.00. The van der Waals surface area contributed by atoms with Gasteiger partial charge in [-0.1, -0.05) is 27.7 Å². The van der Waals surface area contributed by atoms with E-state index in [4.69, 9.17) is 47.4 Å². The number of aliphatic hydroxyl groups is 12. The monoisotopic (exact) mass is 1030 g/mol. The number of ether oxygens (including phenoxy) is 10. The van der Waals surface area contributed by atoms with Crippen molar-refractivity contribution in [2.24, 2.45) is 52.3 Å². The molecule has 72 heavy (non-hydrogen) atoms. The van der Waals surface area contributed by atoms with E-state index in [9.17, 15) is 61.3 Å². The summed E-state index contributed by atoms with van der Waals surface area (Å²) >= 11 is 0. The lowest BCUT2D eigenvalue weighted by molar-refractivity contribution is -0.404. The van der Waals surface area contributed by atoms with Crippen molar-refractivity contribution in [2.45, 2.75) is 227 Å². The van der Waals surface area contributed by atoms with Gasteiger partial charge < -0.3 is 109 Å². The second-order valence-corrected chi connectivity index (χ2v) is 23.9. The number of hydrogen-bond acceptors (Lipinski definition) is 22. The van der Waals surface area contributed by atoms with Gasteiger partial charge in [-0.05, 0) is 104 Å². The highest BCUT2D eigenvalue weighted by atomic mass is 16.8. The SMILES string of the molecule is CC1CCC2(OC1)OC1CC3C4CCC5C[C@@H](O[C@@H]6O[C@H](CO)[C@H](O[C@@H]7O[C@H](CO)[C@@H](O)[C@@H](O[C@@H]8OC[C@@H](O)[C@@H](O)[C@H]8O)[C@H]7O[C@@H]7O[C@H](CO)[C@H](O)[C@@H](O)[C@H]7O)[C@@H](O)[C@H]6O)CC[C@]5(C)C4CC[C@]3(C)C1C2C. The average molecular weight is 1040 g/mol. The van der Waals surface area contributed by atoms with Gasteiger partial charge >= 0.3 is 0 Å². The van der Waals surface area contributed by atoms with E-state index in [0.717, 1.165) is 51.6 Å². The van der Waals surface area contributed by atoms with Gasteiger partial charge in [-0.25, -0.2) is 0 Å². The summed E-state index contributed by atoms with van der Waals surface area (Å²) in [4.78, 5) is 0. The topological polar surface area (TPSA) is 335 Å². The van der Waals surface area contributed by atoms with Gasteiger partial charge in [-0.2, -0.15) is 0 Å². The second kappa shape index (κ2) is 21.1. The van der Waals surface area contributed by atoms with Crippen molar-refractivity contribution >= 4 is 0 Å². The number of hydrogen-bond donors (Lipinski definition) is 12. The Morgan fingerprint density at radius 2 is 1.14 bits per heavy atom. The average Bonchev–Trinajstić information content (AvgIpc) is 3.82. The van der Waals surface area contributed by atoms with E-state index in [1.165, 1.54) is 12.8 Å². The molecule has 0 aromatic carbocycles. The molecule has 31 atom stereocenters. The van der Waals surface area contributed by atoms with Crippen LogP contribution in [0.3, 0.4) is 0 Å². The highest BCUT2D eigenvalue weighted by molar-refractivity contribution is 5.15. The Labute approximate surface area is 419 Å². The molecule has 12 N–H and O–H groups in total. The van der Waals surface area contributed by atoms with Crippen molar-refractivity contribution in [3.63, 3.8) is 0 Å². The van der Waals surface area contributed by atoms with Gasteiger partial charge in [-0.3, -0.25) is 0 Å². The lowest BCUT2D eigenvalue weighted by Crippen LogP contribution is -2.68. The van der Waals surface area contributed by atoms with Crippen molar-refractivity contribution in [3.05, 3.63) is 0 Å². The minimum Gasteiger partial charge on any atom is -0.394 e. The Balaban J connectivity index is 0.812. The molecule has 0 amide bonds. The quantitative estimate of drug-likeness (QED) is 0.0971. The van der Waals surface area contributed by atoms with Crippen LogP contribution in [0.2, 0.25) is 0 Å². The highest BCUT2D eigenvalue weighted by Crippen LogP contribution is 2.71. The molecule has 6 saturated heterocycles. The Bertz CT molecular complexity index is 1830. The summed E-state index contributed by atoms with van der Waals surface area (Å²) in [6, 6.07) is 0. The van der Waals surface area contributed by atoms with Crippen molar-refractivity contribution in [1.29, 1.82) is 0 Å². The fourth-order valence-corrected chi connectivity index (χ4v) is 15.9. The third kappa shape index (κ3) is 9.26. The van der Waals surface area contributed by atoms with Gasteiger partial charge in [0.25, 0.3) is 0 Å². The van der Waals surface area contributed by atoms with E-state index in [1.807, 2.05) is 0 Å². The summed E-state index contributed by atoms with van der Waals surface area (Å²) in [7, 11) is 0. The lowest BCUT2D eigenvalue weighted by atomic mass is 9.44. The predicted molar refractivity (Wildman–Crippen MR) is 242 cm³/mol.